The molecule has 0 radical (unpaired) electrons. The summed E-state index contributed by atoms with van der Waals surface area (Å²) in [5, 5.41) is 0. The first kappa shape index (κ1) is 15.8. The average molecular weight is 352 g/mol. The van der Waals surface area contributed by atoms with Crippen LogP contribution in [0.15, 0.2) is 39.2 Å². The highest BCUT2D eigenvalue weighted by atomic mass is 79.9. The van der Waals surface area contributed by atoms with E-state index in [2.05, 4.69) is 38.4 Å². The maximum atomic E-state index is 11.5. The van der Waals surface area contributed by atoms with E-state index in [4.69, 9.17) is 10.3 Å². The Hall–Kier alpha value is -1.63. The van der Waals surface area contributed by atoms with Gasteiger partial charge in [-0.3, -0.25) is 15.1 Å². The van der Waals surface area contributed by atoms with E-state index >= 15 is 0 Å². The van der Waals surface area contributed by atoms with Gasteiger partial charge in [-0.05, 0) is 37.7 Å². The van der Waals surface area contributed by atoms with Gasteiger partial charge in [0.05, 0.1) is 12.1 Å². The summed E-state index contributed by atoms with van der Waals surface area (Å²) in [5.74, 6) is 6.12. The molecule has 0 bridgehead atoms. The summed E-state index contributed by atoms with van der Waals surface area (Å²) < 4.78 is 6.66. The quantitative estimate of drug-likeness (QED) is 0.493. The number of nitrogens with one attached hydrogen (secondary N) is 1. The molecule has 112 valence electrons. The summed E-state index contributed by atoms with van der Waals surface area (Å²) >= 11 is 3.42. The van der Waals surface area contributed by atoms with Gasteiger partial charge >= 0.3 is 0 Å². The zero-order valence-corrected chi connectivity index (χ0v) is 13.6. The van der Waals surface area contributed by atoms with Crippen molar-refractivity contribution in [2.45, 2.75) is 20.0 Å². The Kier molecular flexibility index (Phi) is 5.17. The van der Waals surface area contributed by atoms with Crippen molar-refractivity contribution in [2.24, 2.45) is 5.84 Å². The molecule has 0 fully saturated rings. The lowest BCUT2D eigenvalue weighted by Gasteiger charge is -2.15. The standard InChI is InChI=1S/C15H18BrN3O2/c1-10-14(15(20)18-17)7-13(21-10)9-19(2)8-11-3-5-12(16)6-4-11/h3-7H,8-9,17H2,1-2H3,(H,18,20). The van der Waals surface area contributed by atoms with Gasteiger partial charge in [-0.2, -0.15) is 0 Å². The Balaban J connectivity index is 2.01. The van der Waals surface area contributed by atoms with Gasteiger partial charge in [-0.15, -0.1) is 0 Å². The lowest BCUT2D eigenvalue weighted by atomic mass is 10.2. The van der Waals surface area contributed by atoms with Crippen molar-refractivity contribution in [3.63, 3.8) is 0 Å². The molecule has 0 unspecified atom stereocenters. The van der Waals surface area contributed by atoms with Crippen molar-refractivity contribution in [3.8, 4) is 0 Å². The van der Waals surface area contributed by atoms with Crippen LogP contribution >= 0.6 is 15.9 Å². The van der Waals surface area contributed by atoms with Crippen LogP contribution in [-0.2, 0) is 13.1 Å². The molecule has 5 nitrogen and oxygen atoms in total. The highest BCUT2D eigenvalue weighted by molar-refractivity contribution is 9.10. The lowest BCUT2D eigenvalue weighted by Crippen LogP contribution is -2.30. The third-order valence-corrected chi connectivity index (χ3v) is 3.66. The molecular weight excluding hydrogens is 334 g/mol. The van der Waals surface area contributed by atoms with Gasteiger partial charge in [0.1, 0.15) is 11.5 Å². The second kappa shape index (κ2) is 6.89. The fourth-order valence-corrected chi connectivity index (χ4v) is 2.41. The number of carbonyl (C=O) groups is 1. The van der Waals surface area contributed by atoms with E-state index in [1.807, 2.05) is 19.2 Å². The largest absolute Gasteiger partial charge is 0.464 e. The Morgan fingerprint density at radius 3 is 2.62 bits per heavy atom. The molecule has 1 aromatic carbocycles. The molecule has 0 atom stereocenters. The number of nitrogens with zero attached hydrogens (tertiary/aromatic N) is 1. The second-order valence-electron chi connectivity index (χ2n) is 4.95. The number of amides is 1. The number of hydrogen-bond donors (Lipinski definition) is 2. The van der Waals surface area contributed by atoms with Crippen molar-refractivity contribution in [3.05, 3.63) is 57.5 Å². The predicted octanol–water partition coefficient (Wildman–Crippen LogP) is 2.59. The molecule has 0 aliphatic heterocycles. The molecule has 1 amide bonds. The van der Waals surface area contributed by atoms with Gasteiger partial charge in [0.25, 0.3) is 5.91 Å². The highest BCUT2D eigenvalue weighted by Crippen LogP contribution is 2.17. The first-order valence-corrected chi connectivity index (χ1v) is 7.32. The zero-order chi connectivity index (χ0) is 15.4. The van der Waals surface area contributed by atoms with Crippen molar-refractivity contribution in [1.29, 1.82) is 0 Å². The van der Waals surface area contributed by atoms with Crippen LogP contribution in [0.25, 0.3) is 0 Å². The van der Waals surface area contributed by atoms with Gasteiger partial charge in [-0.1, -0.05) is 28.1 Å². The van der Waals surface area contributed by atoms with E-state index < -0.39 is 0 Å². The monoisotopic (exact) mass is 351 g/mol. The smallest absolute Gasteiger partial charge is 0.268 e. The Morgan fingerprint density at radius 1 is 1.33 bits per heavy atom. The summed E-state index contributed by atoms with van der Waals surface area (Å²) in [7, 11) is 2.00. The number of benzene rings is 1. The molecule has 2 aromatic rings. The number of halogens is 1. The number of hydrazine groups is 1. The predicted molar refractivity (Wildman–Crippen MR) is 84.4 cm³/mol. The molecule has 3 N–H and O–H groups in total. The van der Waals surface area contributed by atoms with Crippen LogP contribution in [0.1, 0.15) is 27.4 Å². The van der Waals surface area contributed by atoms with Crippen LogP contribution in [0.2, 0.25) is 0 Å². The van der Waals surface area contributed by atoms with E-state index in [1.165, 1.54) is 5.56 Å². The molecule has 0 saturated heterocycles. The first-order chi connectivity index (χ1) is 9.99. The van der Waals surface area contributed by atoms with E-state index in [1.54, 1.807) is 13.0 Å². The first-order valence-electron chi connectivity index (χ1n) is 6.53. The van der Waals surface area contributed by atoms with E-state index in [0.717, 1.165) is 16.8 Å². The molecular formula is C15H18BrN3O2. The maximum absolute atomic E-state index is 11.5. The molecule has 0 aliphatic carbocycles. The van der Waals surface area contributed by atoms with Gasteiger partial charge in [0.15, 0.2) is 0 Å². The number of furan rings is 1. The fourth-order valence-electron chi connectivity index (χ4n) is 2.15. The van der Waals surface area contributed by atoms with Gasteiger partial charge < -0.3 is 4.42 Å². The Bertz CT molecular complexity index is 622. The third-order valence-electron chi connectivity index (χ3n) is 3.14. The van der Waals surface area contributed by atoms with Crippen LogP contribution < -0.4 is 11.3 Å². The Labute approximate surface area is 132 Å². The number of nitrogen functional groups attached to an aromatic ring is 1. The van der Waals surface area contributed by atoms with E-state index in [-0.39, 0.29) is 5.91 Å². The van der Waals surface area contributed by atoms with Gasteiger partial charge in [0, 0.05) is 11.0 Å². The molecule has 0 saturated carbocycles. The van der Waals surface area contributed by atoms with Crippen LogP contribution in [0.4, 0.5) is 0 Å². The average Bonchev–Trinajstić information content (AvgIpc) is 2.81. The molecule has 6 heteroatoms. The number of rotatable bonds is 5. The SMILES string of the molecule is Cc1oc(CN(C)Cc2ccc(Br)cc2)cc1C(=O)NN. The van der Waals surface area contributed by atoms with Crippen LogP contribution in [-0.4, -0.2) is 17.9 Å². The second-order valence-corrected chi connectivity index (χ2v) is 5.87. The van der Waals surface area contributed by atoms with E-state index in [0.29, 0.717) is 17.9 Å². The molecule has 0 aliphatic rings. The summed E-state index contributed by atoms with van der Waals surface area (Å²) in [6.07, 6.45) is 0. The normalized spacial score (nSPS) is 10.9. The van der Waals surface area contributed by atoms with Crippen LogP contribution in [0, 0.1) is 6.92 Å². The van der Waals surface area contributed by atoms with Crippen molar-refractivity contribution < 1.29 is 9.21 Å². The van der Waals surface area contributed by atoms with E-state index in [9.17, 15) is 4.79 Å². The minimum atomic E-state index is -0.335. The number of nitrogens with two attached hydrogens (primary N) is 1. The third kappa shape index (κ3) is 4.17. The molecule has 0 spiro atoms. The fraction of sp³-hybridized carbons (Fsp3) is 0.267. The maximum Gasteiger partial charge on any atom is 0.268 e. The van der Waals surface area contributed by atoms with Crippen molar-refractivity contribution in [2.75, 3.05) is 7.05 Å². The topological polar surface area (TPSA) is 71.5 Å². The number of aryl methyl sites for hydroxylation is 1. The van der Waals surface area contributed by atoms with Gasteiger partial charge in [-0.25, -0.2) is 5.84 Å². The molecule has 2 rings (SSSR count). The van der Waals surface area contributed by atoms with Crippen molar-refractivity contribution in [1.82, 2.24) is 10.3 Å². The number of carbonyl (C=O) groups excluding carboxylic acids is 1. The minimum absolute atomic E-state index is 0.335. The summed E-state index contributed by atoms with van der Waals surface area (Å²) in [4.78, 5) is 13.7. The lowest BCUT2D eigenvalue weighted by molar-refractivity contribution is 0.0952. The zero-order valence-electron chi connectivity index (χ0n) is 12.0. The summed E-state index contributed by atoms with van der Waals surface area (Å²) in [6, 6.07) is 9.91. The summed E-state index contributed by atoms with van der Waals surface area (Å²) in [6.45, 7) is 3.17. The Morgan fingerprint density at radius 2 is 2.00 bits per heavy atom. The minimum Gasteiger partial charge on any atom is -0.464 e. The molecule has 21 heavy (non-hydrogen) atoms. The molecule has 1 aromatic heterocycles. The highest BCUT2D eigenvalue weighted by Gasteiger charge is 2.15. The summed E-state index contributed by atoms with van der Waals surface area (Å²) in [5.41, 5.74) is 3.81. The van der Waals surface area contributed by atoms with Gasteiger partial charge in [0.2, 0.25) is 0 Å². The van der Waals surface area contributed by atoms with Crippen LogP contribution in [0.3, 0.4) is 0 Å². The van der Waals surface area contributed by atoms with Crippen molar-refractivity contribution >= 4 is 21.8 Å². The van der Waals surface area contributed by atoms with Crippen LogP contribution in [0.5, 0.6) is 0 Å². The number of hydrogen-bond acceptors (Lipinski definition) is 4. The molecule has 1 heterocycles.